The van der Waals surface area contributed by atoms with Crippen molar-refractivity contribution < 1.29 is 23.8 Å². The summed E-state index contributed by atoms with van der Waals surface area (Å²) in [5, 5.41) is 8.13. The Bertz CT molecular complexity index is 1020. The molecule has 1 saturated heterocycles. The molecule has 1 aromatic heterocycles. The molecule has 0 spiro atoms. The number of rotatable bonds is 8. The molecule has 1 N–H and O–H groups in total. The zero-order valence-corrected chi connectivity index (χ0v) is 18.6. The molecule has 2 aromatic rings. The summed E-state index contributed by atoms with van der Waals surface area (Å²) in [6.45, 7) is 3.02. The number of nitrogens with zero attached hydrogens (tertiary/aromatic N) is 3. The fourth-order valence-electron chi connectivity index (χ4n) is 3.68. The van der Waals surface area contributed by atoms with Gasteiger partial charge in [0.05, 0.1) is 26.7 Å². The van der Waals surface area contributed by atoms with Crippen molar-refractivity contribution in [3.8, 4) is 22.9 Å². The highest BCUT2D eigenvalue weighted by atomic mass is 16.5. The van der Waals surface area contributed by atoms with Crippen molar-refractivity contribution in [2.45, 2.75) is 32.6 Å². The van der Waals surface area contributed by atoms with Crippen LogP contribution in [0.25, 0.3) is 11.4 Å². The number of piperidine rings is 1. The van der Waals surface area contributed by atoms with E-state index >= 15 is 0 Å². The number of carbonyl (C=O) groups excluding carboxylic acids is 2. The third kappa shape index (κ3) is 5.43. The molecule has 32 heavy (non-hydrogen) atoms. The highest BCUT2D eigenvalue weighted by molar-refractivity contribution is 5.78. The molecule has 1 atom stereocenters. The van der Waals surface area contributed by atoms with Gasteiger partial charge in [-0.05, 0) is 38.0 Å². The van der Waals surface area contributed by atoms with Crippen LogP contribution in [0.15, 0.2) is 23.0 Å². The smallest absolute Gasteiger partial charge is 0.310 e. The number of ether oxygens (including phenoxy) is 3. The predicted octanol–water partition coefficient (Wildman–Crippen LogP) is 1.58. The molecule has 1 fully saturated rings. The van der Waals surface area contributed by atoms with E-state index in [0.29, 0.717) is 49.0 Å². The first-order valence-corrected chi connectivity index (χ1v) is 10.6. The summed E-state index contributed by atoms with van der Waals surface area (Å²) >= 11 is 0. The van der Waals surface area contributed by atoms with Gasteiger partial charge < -0.3 is 24.1 Å². The van der Waals surface area contributed by atoms with Gasteiger partial charge in [-0.25, -0.2) is 0 Å². The van der Waals surface area contributed by atoms with Crippen molar-refractivity contribution in [3.05, 3.63) is 34.2 Å². The van der Waals surface area contributed by atoms with E-state index in [-0.39, 0.29) is 36.3 Å². The molecular formula is C22H28N4O6. The molecule has 0 saturated carbocycles. The number of esters is 1. The first-order chi connectivity index (χ1) is 15.5. The molecule has 10 heteroatoms. The number of benzene rings is 1. The predicted molar refractivity (Wildman–Crippen MR) is 115 cm³/mol. The number of aromatic amines is 1. The largest absolute Gasteiger partial charge is 0.493 e. The molecule has 3 rings (SSSR count). The van der Waals surface area contributed by atoms with Gasteiger partial charge in [0.1, 0.15) is 5.69 Å². The van der Waals surface area contributed by atoms with Crippen LogP contribution in [0.2, 0.25) is 0 Å². The molecule has 0 radical (unpaired) electrons. The number of amides is 1. The fraction of sp³-hybridized carbons (Fsp3) is 0.500. The molecule has 1 aromatic carbocycles. The summed E-state index contributed by atoms with van der Waals surface area (Å²) in [6.07, 6.45) is 1.73. The monoisotopic (exact) mass is 444 g/mol. The van der Waals surface area contributed by atoms with Crippen LogP contribution in [-0.4, -0.2) is 65.9 Å². The van der Waals surface area contributed by atoms with Crippen molar-refractivity contribution in [3.63, 3.8) is 0 Å². The molecule has 1 aliphatic rings. The average molecular weight is 444 g/mol. The van der Waals surface area contributed by atoms with Crippen LogP contribution in [-0.2, 0) is 20.7 Å². The molecule has 2 heterocycles. The van der Waals surface area contributed by atoms with E-state index in [1.165, 1.54) is 14.2 Å². The van der Waals surface area contributed by atoms with Crippen LogP contribution >= 0.6 is 0 Å². The number of aromatic nitrogens is 3. The lowest BCUT2D eigenvalue weighted by Gasteiger charge is -2.31. The molecule has 10 nitrogen and oxygen atoms in total. The number of H-pyrrole nitrogens is 1. The molecule has 1 aliphatic heterocycles. The van der Waals surface area contributed by atoms with Crippen molar-refractivity contribution in [2.24, 2.45) is 5.92 Å². The summed E-state index contributed by atoms with van der Waals surface area (Å²) in [5.41, 5.74) is 0.398. The van der Waals surface area contributed by atoms with Gasteiger partial charge in [0.15, 0.2) is 17.3 Å². The third-order valence-electron chi connectivity index (χ3n) is 5.39. The summed E-state index contributed by atoms with van der Waals surface area (Å²) in [7, 11) is 3.06. The van der Waals surface area contributed by atoms with Crippen molar-refractivity contribution in [1.29, 1.82) is 0 Å². The zero-order chi connectivity index (χ0) is 23.1. The zero-order valence-electron chi connectivity index (χ0n) is 18.6. The quantitative estimate of drug-likeness (QED) is 0.609. The maximum atomic E-state index is 12.6. The van der Waals surface area contributed by atoms with E-state index in [4.69, 9.17) is 14.2 Å². The highest BCUT2D eigenvalue weighted by Gasteiger charge is 2.29. The second kappa shape index (κ2) is 10.7. The minimum absolute atomic E-state index is 0.114. The van der Waals surface area contributed by atoms with Crippen molar-refractivity contribution in [2.75, 3.05) is 33.9 Å². The van der Waals surface area contributed by atoms with Crippen LogP contribution < -0.4 is 15.0 Å². The van der Waals surface area contributed by atoms with Gasteiger partial charge in [0.2, 0.25) is 5.91 Å². The maximum absolute atomic E-state index is 12.6. The van der Waals surface area contributed by atoms with Crippen LogP contribution in [0.3, 0.4) is 0 Å². The fourth-order valence-corrected chi connectivity index (χ4v) is 3.68. The first kappa shape index (κ1) is 23.2. The molecule has 0 aliphatic carbocycles. The molecule has 172 valence electrons. The molecule has 1 unspecified atom stereocenters. The number of carbonyl (C=O) groups is 2. The lowest BCUT2D eigenvalue weighted by molar-refractivity contribution is -0.151. The van der Waals surface area contributed by atoms with E-state index in [0.717, 1.165) is 6.42 Å². The van der Waals surface area contributed by atoms with Gasteiger partial charge in [-0.2, -0.15) is 0 Å². The summed E-state index contributed by atoms with van der Waals surface area (Å²) in [5.74, 6) is 0.674. The van der Waals surface area contributed by atoms with E-state index in [1.807, 2.05) is 0 Å². The summed E-state index contributed by atoms with van der Waals surface area (Å²) in [6, 6.07) is 5.14. The molecule has 1 amide bonds. The van der Waals surface area contributed by atoms with Gasteiger partial charge in [0.25, 0.3) is 5.56 Å². The minimum atomic E-state index is -0.402. The molecule has 0 bridgehead atoms. The Labute approximate surface area is 185 Å². The first-order valence-electron chi connectivity index (χ1n) is 10.6. The number of methoxy groups -OCH3 is 2. The molecular weight excluding hydrogens is 416 g/mol. The van der Waals surface area contributed by atoms with Gasteiger partial charge in [-0.3, -0.25) is 14.4 Å². The van der Waals surface area contributed by atoms with Crippen LogP contribution in [0.4, 0.5) is 0 Å². The minimum Gasteiger partial charge on any atom is -0.493 e. The second-order valence-corrected chi connectivity index (χ2v) is 7.45. The summed E-state index contributed by atoms with van der Waals surface area (Å²) < 4.78 is 15.6. The maximum Gasteiger partial charge on any atom is 0.310 e. The van der Waals surface area contributed by atoms with Crippen LogP contribution in [0.1, 0.15) is 31.9 Å². The van der Waals surface area contributed by atoms with Gasteiger partial charge in [-0.15, -0.1) is 10.2 Å². The van der Waals surface area contributed by atoms with Gasteiger partial charge in [0, 0.05) is 31.5 Å². The van der Waals surface area contributed by atoms with Crippen molar-refractivity contribution >= 4 is 11.9 Å². The van der Waals surface area contributed by atoms with E-state index in [1.54, 1.807) is 30.0 Å². The lowest BCUT2D eigenvalue weighted by Crippen LogP contribution is -2.43. The number of nitrogens with one attached hydrogen (secondary N) is 1. The normalized spacial score (nSPS) is 15.8. The Morgan fingerprint density at radius 2 is 1.97 bits per heavy atom. The SMILES string of the molecule is CCOC(=O)C1CCCN(C(=O)CCc2nnc(-c3ccc(OC)c(OC)c3)[nH]c2=O)C1. The Balaban J connectivity index is 1.63. The van der Waals surface area contributed by atoms with Crippen LogP contribution in [0.5, 0.6) is 11.5 Å². The number of hydrogen-bond acceptors (Lipinski definition) is 8. The Morgan fingerprint density at radius 3 is 2.66 bits per heavy atom. The number of aryl methyl sites for hydroxylation is 1. The Kier molecular flexibility index (Phi) is 7.80. The lowest BCUT2D eigenvalue weighted by atomic mass is 9.98. The highest BCUT2D eigenvalue weighted by Crippen LogP contribution is 2.30. The Hall–Kier alpha value is -3.43. The van der Waals surface area contributed by atoms with E-state index in [2.05, 4.69) is 15.2 Å². The third-order valence-corrected chi connectivity index (χ3v) is 5.39. The standard InChI is InChI=1S/C22H28N4O6/c1-4-32-22(29)15-6-5-11-26(13-15)19(27)10-8-16-21(28)23-20(25-24-16)14-7-9-17(30-2)18(12-14)31-3/h7,9,12,15H,4-6,8,10-11,13H2,1-3H3,(H,23,25,28). The number of likely N-dealkylation sites (tertiary alicyclic amines) is 1. The average Bonchev–Trinajstić information content (AvgIpc) is 2.82. The van der Waals surface area contributed by atoms with E-state index < -0.39 is 5.56 Å². The number of hydrogen-bond donors (Lipinski definition) is 1. The summed E-state index contributed by atoms with van der Waals surface area (Å²) in [4.78, 5) is 41.5. The Morgan fingerprint density at radius 1 is 1.19 bits per heavy atom. The topological polar surface area (TPSA) is 124 Å². The van der Waals surface area contributed by atoms with Gasteiger partial charge in [-0.1, -0.05) is 0 Å². The second-order valence-electron chi connectivity index (χ2n) is 7.45. The van der Waals surface area contributed by atoms with Gasteiger partial charge >= 0.3 is 5.97 Å². The van der Waals surface area contributed by atoms with E-state index in [9.17, 15) is 14.4 Å². The van der Waals surface area contributed by atoms with Crippen molar-refractivity contribution in [1.82, 2.24) is 20.1 Å². The van der Waals surface area contributed by atoms with Crippen LogP contribution in [0, 0.1) is 5.92 Å².